The minimum atomic E-state index is -0.887. The molecule has 19 heavy (non-hydrogen) atoms. The van der Waals surface area contributed by atoms with E-state index in [-0.39, 0.29) is 0 Å². The molecule has 0 fully saturated rings. The van der Waals surface area contributed by atoms with E-state index in [0.29, 0.717) is 6.07 Å². The molecule has 0 aliphatic heterocycles. The van der Waals surface area contributed by atoms with Gasteiger partial charge in [-0.05, 0) is 6.07 Å². The van der Waals surface area contributed by atoms with Crippen LogP contribution in [-0.4, -0.2) is 15.0 Å². The summed E-state index contributed by atoms with van der Waals surface area (Å²) in [6, 6.07) is 14.6. The molecule has 0 saturated carbocycles. The molecule has 0 bridgehead atoms. The maximum absolute atomic E-state index is 10.2. The number of rotatable bonds is 2. The van der Waals surface area contributed by atoms with E-state index in [1.54, 1.807) is 0 Å². The van der Waals surface area contributed by atoms with Gasteiger partial charge in [0.05, 0.1) is 15.9 Å². The number of hydrogen-bond donors (Lipinski definition) is 1. The Bertz CT molecular complexity index is 545. The highest BCUT2D eigenvalue weighted by Gasteiger charge is 2.18. The van der Waals surface area contributed by atoms with Crippen LogP contribution >= 0.6 is 0 Å². The summed E-state index contributed by atoms with van der Waals surface area (Å²) in [7, 11) is 0. The molecule has 0 aliphatic carbocycles. The third-order valence-corrected chi connectivity index (χ3v) is 2.03. The Morgan fingerprint density at radius 2 is 1.32 bits per heavy atom. The average Bonchev–Trinajstić information content (AvgIpc) is 2.41. The molecular weight excluding hydrogens is 252 g/mol. The van der Waals surface area contributed by atoms with Gasteiger partial charge in [0.15, 0.2) is 5.75 Å². The largest absolute Gasteiger partial charge is 0.502 e. The number of nitro benzene ring substituents is 2. The Balaban J connectivity index is 0.000000250. The highest BCUT2D eigenvalue weighted by molar-refractivity contribution is 5.52. The van der Waals surface area contributed by atoms with E-state index >= 15 is 0 Å². The molecule has 0 aromatic heterocycles. The molecule has 0 aliphatic rings. The van der Waals surface area contributed by atoms with E-state index in [2.05, 4.69) is 0 Å². The minimum absolute atomic E-state index is 0.426. The van der Waals surface area contributed by atoms with Crippen LogP contribution in [0.5, 0.6) is 5.75 Å². The topological polar surface area (TPSA) is 107 Å². The fraction of sp³-hybridized carbons (Fsp3) is 0. The first-order chi connectivity index (χ1) is 9.02. The number of benzene rings is 2. The molecule has 0 saturated heterocycles. The second-order valence-electron chi connectivity index (χ2n) is 3.34. The van der Waals surface area contributed by atoms with Gasteiger partial charge >= 0.3 is 5.69 Å². The van der Waals surface area contributed by atoms with Gasteiger partial charge in [-0.15, -0.1) is 0 Å². The van der Waals surface area contributed by atoms with E-state index in [1.165, 1.54) is 0 Å². The van der Waals surface area contributed by atoms with E-state index in [4.69, 9.17) is 5.11 Å². The van der Waals surface area contributed by atoms with Crippen molar-refractivity contribution in [3.05, 3.63) is 74.8 Å². The van der Waals surface area contributed by atoms with Crippen molar-refractivity contribution in [3.63, 3.8) is 0 Å². The van der Waals surface area contributed by atoms with Crippen molar-refractivity contribution in [2.24, 2.45) is 0 Å². The highest BCUT2D eigenvalue weighted by atomic mass is 16.6. The zero-order valence-corrected chi connectivity index (χ0v) is 9.67. The SMILES string of the molecule is O=[N+]([O-])c1ccc(O)c([N+](=O)[O-])c1.c1ccccc1. The zero-order chi connectivity index (χ0) is 14.3. The number of nitro groups is 2. The average molecular weight is 262 g/mol. The summed E-state index contributed by atoms with van der Waals surface area (Å²) < 4.78 is 0. The quantitative estimate of drug-likeness (QED) is 0.661. The van der Waals surface area contributed by atoms with Crippen LogP contribution in [0.25, 0.3) is 0 Å². The highest BCUT2D eigenvalue weighted by Crippen LogP contribution is 2.29. The summed E-state index contributed by atoms with van der Waals surface area (Å²) >= 11 is 0. The molecular formula is C12H10N2O5. The maximum atomic E-state index is 10.2. The van der Waals surface area contributed by atoms with Gasteiger partial charge < -0.3 is 5.11 Å². The third-order valence-electron chi connectivity index (χ3n) is 2.03. The Labute approximate surface area is 108 Å². The van der Waals surface area contributed by atoms with Gasteiger partial charge in [-0.1, -0.05) is 36.4 Å². The van der Waals surface area contributed by atoms with E-state index in [1.807, 2.05) is 36.4 Å². The van der Waals surface area contributed by atoms with Gasteiger partial charge in [-0.25, -0.2) is 0 Å². The van der Waals surface area contributed by atoms with E-state index in [0.717, 1.165) is 12.1 Å². The molecule has 0 unspecified atom stereocenters. The number of phenols is 1. The molecule has 2 aromatic carbocycles. The lowest BCUT2D eigenvalue weighted by Gasteiger charge is -1.94. The molecule has 7 nitrogen and oxygen atoms in total. The molecule has 2 rings (SSSR count). The molecule has 0 atom stereocenters. The molecule has 7 heteroatoms. The number of phenolic OH excluding ortho intramolecular Hbond substituents is 1. The van der Waals surface area contributed by atoms with Crippen LogP contribution in [0.3, 0.4) is 0 Å². The van der Waals surface area contributed by atoms with Crippen LogP contribution < -0.4 is 0 Å². The summed E-state index contributed by atoms with van der Waals surface area (Å²) in [5.41, 5.74) is -1.10. The molecule has 2 aromatic rings. The standard InChI is InChI=1S/C6H4N2O5.C6H6/c9-6-2-1-4(7(10)11)3-5(6)8(12)13;1-2-4-6-5-3-1/h1-3,9H;1-6H. The van der Waals surface area contributed by atoms with Gasteiger partial charge in [0.1, 0.15) is 0 Å². The fourth-order valence-electron chi connectivity index (χ4n) is 1.16. The van der Waals surface area contributed by atoms with Crippen molar-refractivity contribution in [1.29, 1.82) is 0 Å². The molecule has 0 heterocycles. The van der Waals surface area contributed by atoms with Gasteiger partial charge in [0.25, 0.3) is 5.69 Å². The zero-order valence-electron chi connectivity index (χ0n) is 9.67. The van der Waals surface area contributed by atoms with Gasteiger partial charge in [0, 0.05) is 6.07 Å². The normalized spacial score (nSPS) is 9.05. The lowest BCUT2D eigenvalue weighted by atomic mass is 10.2. The van der Waals surface area contributed by atoms with Crippen molar-refractivity contribution >= 4 is 11.4 Å². The van der Waals surface area contributed by atoms with E-state index < -0.39 is 27.0 Å². The number of aromatic hydroxyl groups is 1. The Kier molecular flexibility index (Phi) is 4.97. The van der Waals surface area contributed by atoms with Gasteiger partial charge in [-0.2, -0.15) is 0 Å². The molecule has 0 spiro atoms. The Hall–Kier alpha value is -2.96. The first kappa shape index (κ1) is 14.1. The van der Waals surface area contributed by atoms with Crippen LogP contribution in [0.4, 0.5) is 11.4 Å². The van der Waals surface area contributed by atoms with Crippen molar-refractivity contribution in [2.45, 2.75) is 0 Å². The van der Waals surface area contributed by atoms with Crippen LogP contribution in [0.1, 0.15) is 0 Å². The maximum Gasteiger partial charge on any atom is 0.317 e. The Morgan fingerprint density at radius 1 is 0.842 bits per heavy atom. The predicted octanol–water partition coefficient (Wildman–Crippen LogP) is 2.90. The predicted molar refractivity (Wildman–Crippen MR) is 67.9 cm³/mol. The van der Waals surface area contributed by atoms with Gasteiger partial charge in [-0.3, -0.25) is 20.2 Å². The second kappa shape index (κ2) is 6.70. The molecule has 98 valence electrons. The first-order valence-electron chi connectivity index (χ1n) is 5.14. The smallest absolute Gasteiger partial charge is 0.317 e. The minimum Gasteiger partial charge on any atom is -0.502 e. The van der Waals surface area contributed by atoms with Crippen LogP contribution in [-0.2, 0) is 0 Å². The number of nitrogens with zero attached hydrogens (tertiary/aromatic N) is 2. The van der Waals surface area contributed by atoms with Crippen molar-refractivity contribution in [2.75, 3.05) is 0 Å². The van der Waals surface area contributed by atoms with Crippen LogP contribution in [0, 0.1) is 20.2 Å². The van der Waals surface area contributed by atoms with Crippen molar-refractivity contribution in [1.82, 2.24) is 0 Å². The van der Waals surface area contributed by atoms with Crippen molar-refractivity contribution in [3.8, 4) is 5.75 Å². The van der Waals surface area contributed by atoms with E-state index in [9.17, 15) is 20.2 Å². The van der Waals surface area contributed by atoms with Gasteiger partial charge in [0.2, 0.25) is 0 Å². The lowest BCUT2D eigenvalue weighted by Crippen LogP contribution is -1.92. The summed E-state index contributed by atoms with van der Waals surface area (Å²) in [5.74, 6) is -0.587. The summed E-state index contributed by atoms with van der Waals surface area (Å²) in [4.78, 5) is 18.7. The second-order valence-corrected chi connectivity index (χ2v) is 3.34. The third kappa shape index (κ3) is 4.43. The van der Waals surface area contributed by atoms with Crippen LogP contribution in [0.15, 0.2) is 54.6 Å². The Morgan fingerprint density at radius 3 is 1.68 bits per heavy atom. The number of hydrogen-bond acceptors (Lipinski definition) is 5. The first-order valence-corrected chi connectivity index (χ1v) is 5.14. The lowest BCUT2D eigenvalue weighted by molar-refractivity contribution is -0.394. The molecule has 1 N–H and O–H groups in total. The number of non-ortho nitro benzene ring substituents is 1. The molecule has 0 radical (unpaired) electrons. The molecule has 0 amide bonds. The monoisotopic (exact) mass is 262 g/mol. The summed E-state index contributed by atoms with van der Waals surface area (Å²) in [6.07, 6.45) is 0. The summed E-state index contributed by atoms with van der Waals surface area (Å²) in [6.45, 7) is 0. The van der Waals surface area contributed by atoms with Crippen LogP contribution in [0.2, 0.25) is 0 Å². The summed E-state index contributed by atoms with van der Waals surface area (Å²) in [5, 5.41) is 29.3. The fourth-order valence-corrected chi connectivity index (χ4v) is 1.16. The van der Waals surface area contributed by atoms with Crippen molar-refractivity contribution < 1.29 is 15.0 Å².